The summed E-state index contributed by atoms with van der Waals surface area (Å²) in [5.41, 5.74) is 5.58. The van der Waals surface area contributed by atoms with Gasteiger partial charge in [0.05, 0.1) is 33.5 Å². The SMILES string of the molecule is COc1cc(/C=N\NC(=O)C(=O)Nc2cccc(Cl)c2Cl)cc(Br)c1OCC(=O)Nc1cc(C)cc(C)c1. The Kier molecular flexibility index (Phi) is 10.1. The molecule has 3 aromatic rings. The van der Waals surface area contributed by atoms with Crippen LogP contribution in [0.5, 0.6) is 11.5 Å². The summed E-state index contributed by atoms with van der Waals surface area (Å²) in [6, 6.07) is 13.6. The minimum Gasteiger partial charge on any atom is -0.493 e. The van der Waals surface area contributed by atoms with Gasteiger partial charge in [0.15, 0.2) is 18.1 Å². The van der Waals surface area contributed by atoms with Gasteiger partial charge >= 0.3 is 11.8 Å². The molecule has 3 amide bonds. The fourth-order valence-electron chi connectivity index (χ4n) is 3.33. The van der Waals surface area contributed by atoms with E-state index in [-0.39, 0.29) is 28.2 Å². The Balaban J connectivity index is 1.60. The Morgan fingerprint density at radius 1 is 1.00 bits per heavy atom. The smallest absolute Gasteiger partial charge is 0.329 e. The topological polar surface area (TPSA) is 118 Å². The van der Waals surface area contributed by atoms with E-state index in [1.807, 2.05) is 32.0 Å². The molecule has 0 radical (unpaired) electrons. The number of anilines is 2. The van der Waals surface area contributed by atoms with Crippen LogP contribution in [0.1, 0.15) is 16.7 Å². The third-order valence-corrected chi connectivity index (χ3v) is 6.30. The molecule has 3 aromatic carbocycles. The normalized spacial score (nSPS) is 10.7. The first-order chi connectivity index (χ1) is 18.1. The summed E-state index contributed by atoms with van der Waals surface area (Å²) < 4.78 is 11.5. The monoisotopic (exact) mass is 620 g/mol. The number of carbonyl (C=O) groups is 3. The van der Waals surface area contributed by atoms with Crippen molar-refractivity contribution in [2.45, 2.75) is 13.8 Å². The van der Waals surface area contributed by atoms with Crippen LogP contribution in [0.4, 0.5) is 11.4 Å². The van der Waals surface area contributed by atoms with E-state index in [2.05, 4.69) is 37.1 Å². The molecule has 0 atom stereocenters. The molecule has 0 aliphatic rings. The van der Waals surface area contributed by atoms with Crippen LogP contribution in [0.2, 0.25) is 10.0 Å². The van der Waals surface area contributed by atoms with Crippen molar-refractivity contribution in [2.75, 3.05) is 24.4 Å². The summed E-state index contributed by atoms with van der Waals surface area (Å²) in [4.78, 5) is 36.6. The van der Waals surface area contributed by atoms with Crippen LogP contribution in [-0.2, 0) is 14.4 Å². The second-order valence-corrected chi connectivity index (χ2v) is 9.64. The highest BCUT2D eigenvalue weighted by atomic mass is 79.9. The number of aryl methyl sites for hydroxylation is 2. The summed E-state index contributed by atoms with van der Waals surface area (Å²) in [6.45, 7) is 3.64. The molecule has 0 spiro atoms. The molecule has 9 nitrogen and oxygen atoms in total. The highest BCUT2D eigenvalue weighted by Gasteiger charge is 2.16. The zero-order valence-electron chi connectivity index (χ0n) is 20.5. The van der Waals surface area contributed by atoms with Gasteiger partial charge in [-0.05, 0) is 82.9 Å². The van der Waals surface area contributed by atoms with Crippen molar-refractivity contribution in [3.05, 3.63) is 79.7 Å². The lowest BCUT2D eigenvalue weighted by atomic mass is 10.1. The molecule has 198 valence electrons. The van der Waals surface area contributed by atoms with E-state index in [0.29, 0.717) is 27.2 Å². The van der Waals surface area contributed by atoms with Gasteiger partial charge < -0.3 is 20.1 Å². The molecule has 0 aromatic heterocycles. The largest absolute Gasteiger partial charge is 0.493 e. The van der Waals surface area contributed by atoms with Gasteiger partial charge in [0, 0.05) is 5.69 Å². The number of hydrogen-bond acceptors (Lipinski definition) is 6. The van der Waals surface area contributed by atoms with Crippen LogP contribution in [0, 0.1) is 13.8 Å². The van der Waals surface area contributed by atoms with Gasteiger partial charge in [-0.25, -0.2) is 5.43 Å². The molecule has 0 unspecified atom stereocenters. The van der Waals surface area contributed by atoms with Gasteiger partial charge in [-0.2, -0.15) is 5.10 Å². The van der Waals surface area contributed by atoms with Crippen molar-refractivity contribution in [1.29, 1.82) is 0 Å². The fourth-order valence-corrected chi connectivity index (χ4v) is 4.25. The van der Waals surface area contributed by atoms with Gasteiger partial charge in [-0.1, -0.05) is 35.3 Å². The van der Waals surface area contributed by atoms with E-state index in [9.17, 15) is 14.4 Å². The lowest BCUT2D eigenvalue weighted by Crippen LogP contribution is -2.32. The molecule has 0 bridgehead atoms. The van der Waals surface area contributed by atoms with Crippen LogP contribution in [0.25, 0.3) is 0 Å². The van der Waals surface area contributed by atoms with Crippen LogP contribution < -0.4 is 25.5 Å². The molecule has 0 aliphatic carbocycles. The Morgan fingerprint density at radius 3 is 2.39 bits per heavy atom. The molecule has 0 saturated carbocycles. The van der Waals surface area contributed by atoms with Crippen LogP contribution in [0.15, 0.2) is 58.1 Å². The van der Waals surface area contributed by atoms with E-state index in [0.717, 1.165) is 11.1 Å². The molecule has 12 heteroatoms. The number of carbonyl (C=O) groups excluding carboxylic acids is 3. The first-order valence-corrected chi connectivity index (χ1v) is 12.6. The summed E-state index contributed by atoms with van der Waals surface area (Å²) in [5.74, 6) is -1.71. The zero-order valence-corrected chi connectivity index (χ0v) is 23.6. The van der Waals surface area contributed by atoms with Crippen molar-refractivity contribution in [3.8, 4) is 11.5 Å². The molecule has 0 aliphatic heterocycles. The Bertz CT molecular complexity index is 1390. The number of ether oxygens (including phenoxy) is 2. The van der Waals surface area contributed by atoms with Crippen molar-refractivity contribution >= 4 is 74.4 Å². The maximum absolute atomic E-state index is 12.4. The minimum absolute atomic E-state index is 0.112. The number of nitrogens with zero attached hydrogens (tertiary/aromatic N) is 1. The van der Waals surface area contributed by atoms with E-state index >= 15 is 0 Å². The van der Waals surface area contributed by atoms with E-state index in [4.69, 9.17) is 32.7 Å². The molecular weight excluding hydrogens is 599 g/mol. The number of benzene rings is 3. The summed E-state index contributed by atoms with van der Waals surface area (Å²) in [5, 5.41) is 9.31. The number of nitrogens with one attached hydrogen (secondary N) is 3. The third-order valence-electron chi connectivity index (χ3n) is 4.89. The van der Waals surface area contributed by atoms with Crippen molar-refractivity contribution in [1.82, 2.24) is 5.43 Å². The number of rotatable bonds is 8. The number of hydrogen-bond donors (Lipinski definition) is 3. The summed E-state index contributed by atoms with van der Waals surface area (Å²) in [6.07, 6.45) is 1.31. The van der Waals surface area contributed by atoms with Crippen LogP contribution in [0.3, 0.4) is 0 Å². The second-order valence-electron chi connectivity index (χ2n) is 8.00. The summed E-state index contributed by atoms with van der Waals surface area (Å²) >= 11 is 15.3. The fraction of sp³-hybridized carbons (Fsp3) is 0.154. The molecular formula is C26H23BrCl2N4O5. The molecule has 3 N–H and O–H groups in total. The molecule has 0 heterocycles. The number of amides is 3. The van der Waals surface area contributed by atoms with Gasteiger partial charge in [0.25, 0.3) is 5.91 Å². The highest BCUT2D eigenvalue weighted by molar-refractivity contribution is 9.10. The number of halogens is 3. The minimum atomic E-state index is -1.02. The lowest BCUT2D eigenvalue weighted by molar-refractivity contribution is -0.136. The number of hydrazone groups is 1. The van der Waals surface area contributed by atoms with Crippen LogP contribution >= 0.6 is 39.1 Å². The molecule has 0 saturated heterocycles. The van der Waals surface area contributed by atoms with Gasteiger partial charge in [-0.3, -0.25) is 14.4 Å². The third kappa shape index (κ3) is 7.95. The van der Waals surface area contributed by atoms with E-state index in [1.165, 1.54) is 19.4 Å². The Labute approximate surface area is 237 Å². The van der Waals surface area contributed by atoms with Crippen molar-refractivity contribution in [3.63, 3.8) is 0 Å². The van der Waals surface area contributed by atoms with Gasteiger partial charge in [-0.15, -0.1) is 0 Å². The van der Waals surface area contributed by atoms with E-state index < -0.39 is 11.8 Å². The first kappa shape index (κ1) is 29.0. The predicted octanol–water partition coefficient (Wildman–Crippen LogP) is 5.49. The quantitative estimate of drug-likeness (QED) is 0.175. The van der Waals surface area contributed by atoms with E-state index in [1.54, 1.807) is 24.3 Å². The molecule has 38 heavy (non-hydrogen) atoms. The highest BCUT2D eigenvalue weighted by Crippen LogP contribution is 2.36. The van der Waals surface area contributed by atoms with Crippen molar-refractivity contribution < 1.29 is 23.9 Å². The second kappa shape index (κ2) is 13.3. The Hall–Kier alpha value is -3.60. The zero-order chi connectivity index (χ0) is 27.8. The molecule has 3 rings (SSSR count). The first-order valence-electron chi connectivity index (χ1n) is 11.0. The van der Waals surface area contributed by atoms with Crippen LogP contribution in [-0.4, -0.2) is 37.7 Å². The maximum Gasteiger partial charge on any atom is 0.329 e. The number of methoxy groups -OCH3 is 1. The lowest BCUT2D eigenvalue weighted by Gasteiger charge is -2.14. The van der Waals surface area contributed by atoms with Gasteiger partial charge in [0.1, 0.15) is 0 Å². The summed E-state index contributed by atoms with van der Waals surface area (Å²) in [7, 11) is 1.44. The average molecular weight is 622 g/mol. The maximum atomic E-state index is 12.4. The molecule has 0 fully saturated rings. The average Bonchev–Trinajstić information content (AvgIpc) is 2.85. The standard InChI is InChI=1S/C26H23BrCl2N4O5/c1-14-7-15(2)9-17(8-14)31-22(34)13-38-24-18(27)10-16(11-21(24)37-3)12-30-33-26(36)25(35)32-20-6-4-5-19(28)23(20)29/h4-12H,13H2,1-3H3,(H,31,34)(H,32,35)(H,33,36)/b30-12-. The van der Waals surface area contributed by atoms with Crippen molar-refractivity contribution in [2.24, 2.45) is 5.10 Å². The predicted molar refractivity (Wildman–Crippen MR) is 152 cm³/mol. The van der Waals surface area contributed by atoms with Gasteiger partial charge in [0.2, 0.25) is 0 Å². The Morgan fingerprint density at radius 2 is 1.71 bits per heavy atom.